The molecule has 0 amide bonds. The molecule has 0 fully saturated rings. The van der Waals surface area contributed by atoms with Crippen molar-refractivity contribution >= 4 is 27.4 Å². The van der Waals surface area contributed by atoms with Crippen molar-refractivity contribution in [3.05, 3.63) is 58.2 Å². The van der Waals surface area contributed by atoms with Crippen LogP contribution in [0.4, 0.5) is 0 Å². The monoisotopic (exact) mass is 358 g/mol. The molecule has 5 heteroatoms. The van der Waals surface area contributed by atoms with E-state index in [-0.39, 0.29) is 5.97 Å². The number of pyridine rings is 1. The van der Waals surface area contributed by atoms with Gasteiger partial charge in [-0.1, -0.05) is 28.1 Å². The van der Waals surface area contributed by atoms with Crippen LogP contribution in [0.3, 0.4) is 0 Å². The van der Waals surface area contributed by atoms with Crippen LogP contribution < -0.4 is 0 Å². The van der Waals surface area contributed by atoms with Crippen molar-refractivity contribution in [3.63, 3.8) is 0 Å². The number of nitrogens with zero attached hydrogens (tertiary/aromatic N) is 2. The van der Waals surface area contributed by atoms with E-state index in [1.165, 1.54) is 0 Å². The average Bonchev–Trinajstić information content (AvgIpc) is 2.90. The number of aryl methyl sites for hydroxylation is 1. The topological polar surface area (TPSA) is 43.6 Å². The minimum Gasteiger partial charge on any atom is -0.462 e. The number of esters is 1. The Labute approximate surface area is 136 Å². The van der Waals surface area contributed by atoms with Crippen LogP contribution in [-0.4, -0.2) is 22.2 Å². The number of benzene rings is 1. The highest BCUT2D eigenvalue weighted by Crippen LogP contribution is 2.23. The molecule has 3 aromatic rings. The summed E-state index contributed by atoms with van der Waals surface area (Å²) in [6.07, 6.45) is 1.85. The Balaban J connectivity index is 2.06. The van der Waals surface area contributed by atoms with Gasteiger partial charge in [-0.2, -0.15) is 5.10 Å². The molecule has 0 aliphatic rings. The van der Waals surface area contributed by atoms with Crippen LogP contribution in [0.5, 0.6) is 0 Å². The van der Waals surface area contributed by atoms with E-state index in [9.17, 15) is 4.79 Å². The van der Waals surface area contributed by atoms with Crippen molar-refractivity contribution in [3.8, 4) is 11.3 Å². The molecule has 2 heterocycles. The molecule has 0 saturated carbocycles. The van der Waals surface area contributed by atoms with Crippen LogP contribution in [0.15, 0.2) is 47.1 Å². The molecule has 2 aromatic heterocycles. The number of halogens is 1. The number of hydrogen-bond donors (Lipinski definition) is 0. The second-order valence-corrected chi connectivity index (χ2v) is 5.91. The Morgan fingerprint density at radius 2 is 2.00 bits per heavy atom. The standard InChI is InChI=1S/C17H15BrN2O2/c1-3-22-17(21)15-8-14-9-16(19-20(14)10-11(15)2)12-4-6-13(18)7-5-12/h4-10H,3H2,1-2H3. The van der Waals surface area contributed by atoms with Gasteiger partial charge in [0, 0.05) is 16.2 Å². The van der Waals surface area contributed by atoms with E-state index in [2.05, 4.69) is 21.0 Å². The van der Waals surface area contributed by atoms with Gasteiger partial charge in [-0.25, -0.2) is 9.31 Å². The summed E-state index contributed by atoms with van der Waals surface area (Å²) in [7, 11) is 0. The number of hydrogen-bond acceptors (Lipinski definition) is 3. The van der Waals surface area contributed by atoms with Gasteiger partial charge in [-0.15, -0.1) is 0 Å². The molecule has 0 aliphatic heterocycles. The van der Waals surface area contributed by atoms with Crippen LogP contribution in [0.2, 0.25) is 0 Å². The molecule has 0 bridgehead atoms. The summed E-state index contributed by atoms with van der Waals surface area (Å²) >= 11 is 3.43. The third-order valence-corrected chi connectivity index (χ3v) is 3.96. The molecule has 0 radical (unpaired) electrons. The number of carbonyl (C=O) groups excluding carboxylic acids is 1. The molecular weight excluding hydrogens is 344 g/mol. The van der Waals surface area contributed by atoms with E-state index in [0.717, 1.165) is 26.8 Å². The highest BCUT2D eigenvalue weighted by Gasteiger charge is 2.13. The minimum absolute atomic E-state index is 0.297. The first-order chi connectivity index (χ1) is 10.6. The number of rotatable bonds is 3. The SMILES string of the molecule is CCOC(=O)c1cc2cc(-c3ccc(Br)cc3)nn2cc1C. The van der Waals surface area contributed by atoms with E-state index >= 15 is 0 Å². The molecule has 0 aliphatic carbocycles. The lowest BCUT2D eigenvalue weighted by Gasteiger charge is -2.05. The van der Waals surface area contributed by atoms with E-state index in [0.29, 0.717) is 12.2 Å². The second kappa shape index (κ2) is 5.93. The molecule has 0 spiro atoms. The lowest BCUT2D eigenvalue weighted by Crippen LogP contribution is -2.07. The van der Waals surface area contributed by atoms with E-state index < -0.39 is 0 Å². The first-order valence-electron chi connectivity index (χ1n) is 7.01. The second-order valence-electron chi connectivity index (χ2n) is 5.00. The van der Waals surface area contributed by atoms with Gasteiger partial charge in [0.25, 0.3) is 0 Å². The summed E-state index contributed by atoms with van der Waals surface area (Å²) in [4.78, 5) is 12.0. The summed E-state index contributed by atoms with van der Waals surface area (Å²) in [5.41, 5.74) is 4.19. The fourth-order valence-electron chi connectivity index (χ4n) is 2.33. The number of carbonyl (C=O) groups is 1. The molecule has 112 valence electrons. The third-order valence-electron chi connectivity index (χ3n) is 3.43. The Morgan fingerprint density at radius 1 is 1.27 bits per heavy atom. The first-order valence-corrected chi connectivity index (χ1v) is 7.81. The molecular formula is C17H15BrN2O2. The van der Waals surface area contributed by atoms with Crippen LogP contribution >= 0.6 is 15.9 Å². The zero-order valence-electron chi connectivity index (χ0n) is 12.3. The maximum Gasteiger partial charge on any atom is 0.338 e. The molecule has 0 unspecified atom stereocenters. The quantitative estimate of drug-likeness (QED) is 0.657. The summed E-state index contributed by atoms with van der Waals surface area (Å²) < 4.78 is 7.90. The van der Waals surface area contributed by atoms with Crippen molar-refractivity contribution in [2.24, 2.45) is 0 Å². The zero-order valence-corrected chi connectivity index (χ0v) is 13.9. The number of fused-ring (bicyclic) bond motifs is 1. The lowest BCUT2D eigenvalue weighted by atomic mass is 10.1. The van der Waals surface area contributed by atoms with Gasteiger partial charge in [-0.3, -0.25) is 0 Å². The highest BCUT2D eigenvalue weighted by atomic mass is 79.9. The highest BCUT2D eigenvalue weighted by molar-refractivity contribution is 9.10. The van der Waals surface area contributed by atoms with E-state index in [1.54, 1.807) is 11.4 Å². The fraction of sp³-hybridized carbons (Fsp3) is 0.176. The van der Waals surface area contributed by atoms with Crippen LogP contribution in [-0.2, 0) is 4.74 Å². The van der Waals surface area contributed by atoms with Gasteiger partial charge in [0.15, 0.2) is 0 Å². The van der Waals surface area contributed by atoms with Crippen LogP contribution in [0.1, 0.15) is 22.8 Å². The zero-order chi connectivity index (χ0) is 15.7. The summed E-state index contributed by atoms with van der Waals surface area (Å²) in [5, 5.41) is 4.57. The molecule has 0 saturated heterocycles. The average molecular weight is 359 g/mol. The van der Waals surface area contributed by atoms with Gasteiger partial charge in [0.2, 0.25) is 0 Å². The molecule has 4 nitrogen and oxygen atoms in total. The van der Waals surface area contributed by atoms with Gasteiger partial charge >= 0.3 is 5.97 Å². The third kappa shape index (κ3) is 2.76. The first kappa shape index (κ1) is 14.8. The summed E-state index contributed by atoms with van der Waals surface area (Å²) in [6.45, 7) is 4.05. The Morgan fingerprint density at radius 3 is 2.68 bits per heavy atom. The summed E-state index contributed by atoms with van der Waals surface area (Å²) in [6, 6.07) is 11.8. The maximum absolute atomic E-state index is 12.0. The maximum atomic E-state index is 12.0. The Bertz CT molecular complexity index is 838. The molecule has 3 rings (SSSR count). The predicted molar refractivity (Wildman–Crippen MR) is 89.0 cm³/mol. The lowest BCUT2D eigenvalue weighted by molar-refractivity contribution is 0.0525. The van der Waals surface area contributed by atoms with Gasteiger partial charge in [0.1, 0.15) is 0 Å². The molecule has 1 aromatic carbocycles. The Kier molecular flexibility index (Phi) is 3.98. The van der Waals surface area contributed by atoms with Crippen LogP contribution in [0.25, 0.3) is 16.8 Å². The van der Waals surface area contributed by atoms with E-state index in [4.69, 9.17) is 4.74 Å². The van der Waals surface area contributed by atoms with Crippen molar-refractivity contribution in [2.75, 3.05) is 6.61 Å². The van der Waals surface area contributed by atoms with Crippen molar-refractivity contribution < 1.29 is 9.53 Å². The summed E-state index contributed by atoms with van der Waals surface area (Å²) in [5.74, 6) is -0.297. The smallest absolute Gasteiger partial charge is 0.338 e. The largest absolute Gasteiger partial charge is 0.462 e. The van der Waals surface area contributed by atoms with Gasteiger partial charge in [0.05, 0.1) is 23.4 Å². The minimum atomic E-state index is -0.297. The predicted octanol–water partition coefficient (Wildman–Crippen LogP) is 4.25. The van der Waals surface area contributed by atoms with Gasteiger partial charge < -0.3 is 4.74 Å². The molecule has 0 atom stereocenters. The van der Waals surface area contributed by atoms with E-state index in [1.807, 2.05) is 49.5 Å². The Hall–Kier alpha value is -2.14. The van der Waals surface area contributed by atoms with Crippen molar-refractivity contribution in [1.29, 1.82) is 0 Å². The number of aromatic nitrogens is 2. The normalized spacial score (nSPS) is 10.9. The number of ether oxygens (including phenoxy) is 1. The van der Waals surface area contributed by atoms with Gasteiger partial charge in [-0.05, 0) is 43.7 Å². The fourth-order valence-corrected chi connectivity index (χ4v) is 2.59. The molecule has 0 N–H and O–H groups in total. The van der Waals surface area contributed by atoms with Crippen LogP contribution in [0, 0.1) is 6.92 Å². The van der Waals surface area contributed by atoms with Crippen molar-refractivity contribution in [2.45, 2.75) is 13.8 Å². The molecule has 22 heavy (non-hydrogen) atoms. The van der Waals surface area contributed by atoms with Crippen molar-refractivity contribution in [1.82, 2.24) is 9.61 Å².